The minimum absolute atomic E-state index is 0.107. The van der Waals surface area contributed by atoms with Gasteiger partial charge in [0.25, 0.3) is 0 Å². The van der Waals surface area contributed by atoms with Crippen molar-refractivity contribution >= 4 is 38.5 Å². The van der Waals surface area contributed by atoms with Gasteiger partial charge in [-0.3, -0.25) is 0 Å². The first-order valence-electron chi connectivity index (χ1n) is 5.62. The molecule has 0 aromatic heterocycles. The van der Waals surface area contributed by atoms with Gasteiger partial charge in [0.15, 0.2) is 14.9 Å². The lowest BCUT2D eigenvalue weighted by atomic mass is 10.1. The molecule has 0 saturated carbocycles. The van der Waals surface area contributed by atoms with Crippen LogP contribution in [-0.2, 0) is 9.84 Å². The molecule has 2 saturated heterocycles. The Morgan fingerprint density at radius 2 is 2.17 bits per heavy atom. The molecule has 0 amide bonds. The number of nitrogens with two attached hydrogens (primary N) is 1. The molecule has 2 aliphatic rings. The minimum atomic E-state index is -2.98. The number of fused-ring (bicyclic) bond motifs is 1. The molecule has 2 heterocycles. The van der Waals surface area contributed by atoms with E-state index in [2.05, 4.69) is 5.32 Å². The number of anilines is 2. The quantitative estimate of drug-likeness (QED) is 0.563. The molecule has 2 atom stereocenters. The zero-order chi connectivity index (χ0) is 12.9. The maximum atomic E-state index is 11.7. The Balaban J connectivity index is 1.99. The fourth-order valence-electron chi connectivity index (χ4n) is 2.58. The van der Waals surface area contributed by atoms with Crippen molar-refractivity contribution in [3.8, 4) is 0 Å². The minimum Gasteiger partial charge on any atom is -0.399 e. The van der Waals surface area contributed by atoms with Gasteiger partial charge in [-0.05, 0) is 30.4 Å². The molecule has 96 valence electrons. The third-order valence-electron chi connectivity index (χ3n) is 3.33. The van der Waals surface area contributed by atoms with E-state index in [0.29, 0.717) is 10.8 Å². The summed E-state index contributed by atoms with van der Waals surface area (Å²) >= 11 is 5.27. The first-order valence-corrected chi connectivity index (χ1v) is 7.85. The predicted octanol–water partition coefficient (Wildman–Crippen LogP) is 0.129. The van der Waals surface area contributed by atoms with E-state index in [-0.39, 0.29) is 23.6 Å². The van der Waals surface area contributed by atoms with Crippen LogP contribution in [0.15, 0.2) is 24.3 Å². The average molecular weight is 283 g/mol. The van der Waals surface area contributed by atoms with Crippen molar-refractivity contribution in [2.45, 2.75) is 12.1 Å². The van der Waals surface area contributed by atoms with Gasteiger partial charge >= 0.3 is 0 Å². The molecule has 18 heavy (non-hydrogen) atoms. The van der Waals surface area contributed by atoms with Crippen LogP contribution in [0.2, 0.25) is 0 Å². The second kappa shape index (κ2) is 3.83. The number of benzene rings is 1. The van der Waals surface area contributed by atoms with Crippen molar-refractivity contribution in [1.29, 1.82) is 0 Å². The van der Waals surface area contributed by atoms with Gasteiger partial charge in [0.05, 0.1) is 23.6 Å². The van der Waals surface area contributed by atoms with Gasteiger partial charge in [-0.2, -0.15) is 0 Å². The van der Waals surface area contributed by atoms with Crippen molar-refractivity contribution < 1.29 is 8.42 Å². The second-order valence-electron chi connectivity index (χ2n) is 4.67. The number of nitrogen functional groups attached to an aromatic ring is 1. The monoisotopic (exact) mass is 283 g/mol. The van der Waals surface area contributed by atoms with E-state index < -0.39 is 9.84 Å². The molecule has 3 rings (SSSR count). The lowest BCUT2D eigenvalue weighted by Crippen LogP contribution is -2.36. The van der Waals surface area contributed by atoms with Crippen LogP contribution in [0, 0.1) is 0 Å². The molecule has 1 aromatic rings. The Bertz CT molecular complexity index is 614. The fourth-order valence-corrected chi connectivity index (χ4v) is 4.87. The number of nitrogens with one attached hydrogen (secondary N) is 1. The van der Waals surface area contributed by atoms with Crippen molar-refractivity contribution in [2.75, 3.05) is 22.1 Å². The first kappa shape index (κ1) is 11.7. The first-order chi connectivity index (χ1) is 8.46. The summed E-state index contributed by atoms with van der Waals surface area (Å²) in [7, 11) is -2.98. The number of hydrogen-bond acceptors (Lipinski definition) is 4. The average Bonchev–Trinajstić information content (AvgIpc) is 2.68. The topological polar surface area (TPSA) is 75.4 Å². The molecule has 0 bridgehead atoms. The van der Waals surface area contributed by atoms with Crippen molar-refractivity contribution in [2.24, 2.45) is 0 Å². The molecule has 2 aliphatic heterocycles. The van der Waals surface area contributed by atoms with Crippen LogP contribution in [-0.4, -0.2) is 37.1 Å². The maximum Gasteiger partial charge on any atom is 0.174 e. The summed E-state index contributed by atoms with van der Waals surface area (Å²) in [6.45, 7) is 0. The van der Waals surface area contributed by atoms with Crippen LogP contribution in [0.4, 0.5) is 11.4 Å². The van der Waals surface area contributed by atoms with Gasteiger partial charge in [0.2, 0.25) is 0 Å². The fraction of sp³-hybridized carbons (Fsp3) is 0.364. The molecule has 0 unspecified atom stereocenters. The van der Waals surface area contributed by atoms with Gasteiger partial charge in [-0.25, -0.2) is 8.42 Å². The van der Waals surface area contributed by atoms with E-state index in [1.807, 2.05) is 17.0 Å². The van der Waals surface area contributed by atoms with Crippen LogP contribution in [0.25, 0.3) is 0 Å². The SMILES string of the molecule is Nc1cccc(N2C(=S)N[C@@H]3CS(=O)(=O)C[C@H]32)c1. The standard InChI is InChI=1S/C11H13N3O2S2/c12-7-2-1-3-8(4-7)14-10-6-18(15,16)5-9(10)13-11(14)17/h1-4,9-10H,5-6,12H2,(H,13,17)/t9-,10-/m1/s1. The van der Waals surface area contributed by atoms with E-state index in [4.69, 9.17) is 18.0 Å². The van der Waals surface area contributed by atoms with E-state index in [0.717, 1.165) is 5.69 Å². The second-order valence-corrected chi connectivity index (χ2v) is 7.21. The van der Waals surface area contributed by atoms with Gasteiger partial charge in [-0.15, -0.1) is 0 Å². The number of rotatable bonds is 1. The zero-order valence-corrected chi connectivity index (χ0v) is 11.2. The van der Waals surface area contributed by atoms with E-state index >= 15 is 0 Å². The zero-order valence-electron chi connectivity index (χ0n) is 9.54. The summed E-state index contributed by atoms with van der Waals surface area (Å²) in [6, 6.07) is 7.09. The molecule has 3 N–H and O–H groups in total. The van der Waals surface area contributed by atoms with Crippen LogP contribution in [0.3, 0.4) is 0 Å². The number of hydrogen-bond donors (Lipinski definition) is 2. The molecule has 0 radical (unpaired) electrons. The van der Waals surface area contributed by atoms with Crippen molar-refractivity contribution in [1.82, 2.24) is 5.32 Å². The molecule has 0 spiro atoms. The van der Waals surface area contributed by atoms with Gasteiger partial charge < -0.3 is 16.0 Å². The predicted molar refractivity (Wildman–Crippen MR) is 75.3 cm³/mol. The largest absolute Gasteiger partial charge is 0.399 e. The Morgan fingerprint density at radius 3 is 2.89 bits per heavy atom. The van der Waals surface area contributed by atoms with Crippen LogP contribution in [0.5, 0.6) is 0 Å². The lowest BCUT2D eigenvalue weighted by Gasteiger charge is -2.23. The maximum absolute atomic E-state index is 11.7. The lowest BCUT2D eigenvalue weighted by molar-refractivity contribution is 0.600. The molecular formula is C11H13N3O2S2. The van der Waals surface area contributed by atoms with Crippen molar-refractivity contribution in [3.05, 3.63) is 24.3 Å². The van der Waals surface area contributed by atoms with Crippen LogP contribution < -0.4 is 16.0 Å². The van der Waals surface area contributed by atoms with E-state index in [9.17, 15) is 8.42 Å². The summed E-state index contributed by atoms with van der Waals surface area (Å²) in [6.07, 6.45) is 0. The Hall–Kier alpha value is -1.34. The molecule has 7 heteroatoms. The van der Waals surface area contributed by atoms with Crippen LogP contribution in [0.1, 0.15) is 0 Å². The Labute approximate surface area is 111 Å². The van der Waals surface area contributed by atoms with E-state index in [1.165, 1.54) is 0 Å². The third-order valence-corrected chi connectivity index (χ3v) is 5.36. The Morgan fingerprint density at radius 1 is 1.39 bits per heavy atom. The van der Waals surface area contributed by atoms with Crippen molar-refractivity contribution in [3.63, 3.8) is 0 Å². The highest BCUT2D eigenvalue weighted by atomic mass is 32.2. The normalized spacial score (nSPS) is 29.1. The number of thiocarbonyl (C=S) groups is 1. The molecule has 1 aromatic carbocycles. The molecule has 0 aliphatic carbocycles. The summed E-state index contributed by atoms with van der Waals surface area (Å²) in [5.41, 5.74) is 7.24. The molecular weight excluding hydrogens is 270 g/mol. The summed E-state index contributed by atoms with van der Waals surface area (Å²) in [5, 5.41) is 3.65. The summed E-state index contributed by atoms with van der Waals surface area (Å²) < 4.78 is 23.3. The summed E-state index contributed by atoms with van der Waals surface area (Å²) in [5.74, 6) is 0.288. The Kier molecular flexibility index (Phi) is 2.49. The highest BCUT2D eigenvalue weighted by Gasteiger charge is 2.47. The molecule has 2 fully saturated rings. The van der Waals surface area contributed by atoms with Gasteiger partial charge in [0.1, 0.15) is 0 Å². The third kappa shape index (κ3) is 1.83. The van der Waals surface area contributed by atoms with Crippen LogP contribution >= 0.6 is 12.2 Å². The number of nitrogens with zero attached hydrogens (tertiary/aromatic N) is 1. The van der Waals surface area contributed by atoms with E-state index in [1.54, 1.807) is 12.1 Å². The molecule has 5 nitrogen and oxygen atoms in total. The van der Waals surface area contributed by atoms with Gasteiger partial charge in [-0.1, -0.05) is 6.07 Å². The highest BCUT2D eigenvalue weighted by Crippen LogP contribution is 2.30. The number of sulfone groups is 1. The van der Waals surface area contributed by atoms with Gasteiger partial charge in [0, 0.05) is 11.4 Å². The summed E-state index contributed by atoms with van der Waals surface area (Å²) in [4.78, 5) is 1.86. The highest BCUT2D eigenvalue weighted by molar-refractivity contribution is 7.91. The smallest absolute Gasteiger partial charge is 0.174 e.